The van der Waals surface area contributed by atoms with Crippen molar-refractivity contribution in [2.75, 3.05) is 0 Å². The molecule has 7 aromatic carbocycles. The molecule has 0 amide bonds. The van der Waals surface area contributed by atoms with Gasteiger partial charge in [0.25, 0.3) is 0 Å². The topological polar surface area (TPSA) is 35.6 Å². The molecule has 4 nitrogen and oxygen atoms in total. The number of hydrogen-bond acceptors (Lipinski definition) is 3. The Morgan fingerprint density at radius 1 is 0.431 bits per heavy atom. The minimum atomic E-state index is 0.701. The standard InChI is InChI=1S/C46H28N4S/c1-2-14-29(15-3-1)32-22-13-23-36-35-20-6-10-26-40(35)50(43(32)36)46-44-42(37-21-7-11-27-41(37)51-44)47-45(48-46)30-16-12-17-31(28-30)49-38-24-8-4-18-33(38)34-19-5-9-25-39(34)49/h1-28H. The lowest BCUT2D eigenvalue weighted by atomic mass is 10.0. The van der Waals surface area contributed by atoms with Crippen LogP contribution in [0, 0.1) is 0 Å². The van der Waals surface area contributed by atoms with Crippen LogP contribution >= 0.6 is 11.3 Å². The average Bonchev–Trinajstić information content (AvgIpc) is 3.86. The van der Waals surface area contributed by atoms with Crippen LogP contribution in [0.1, 0.15) is 0 Å². The molecule has 0 spiro atoms. The first-order valence-electron chi connectivity index (χ1n) is 17.2. The minimum Gasteiger partial charge on any atom is -0.309 e. The van der Waals surface area contributed by atoms with Crippen LogP contribution in [-0.4, -0.2) is 19.1 Å². The van der Waals surface area contributed by atoms with Crippen LogP contribution < -0.4 is 0 Å². The molecule has 0 bridgehead atoms. The summed E-state index contributed by atoms with van der Waals surface area (Å²) in [5, 5.41) is 6.03. The first-order valence-corrected chi connectivity index (χ1v) is 18.0. The lowest BCUT2D eigenvalue weighted by Gasteiger charge is -2.14. The molecular weight excluding hydrogens is 641 g/mol. The van der Waals surface area contributed by atoms with Crippen LogP contribution in [0.15, 0.2) is 170 Å². The summed E-state index contributed by atoms with van der Waals surface area (Å²) in [5.41, 5.74) is 9.99. The van der Waals surface area contributed by atoms with E-state index < -0.39 is 0 Å². The second kappa shape index (κ2) is 11.0. The zero-order chi connectivity index (χ0) is 33.5. The van der Waals surface area contributed by atoms with Gasteiger partial charge in [0.15, 0.2) is 11.6 Å². The molecule has 0 aliphatic rings. The first-order chi connectivity index (χ1) is 25.3. The van der Waals surface area contributed by atoms with Gasteiger partial charge in [-0.3, -0.25) is 4.57 Å². The van der Waals surface area contributed by atoms with Crippen LogP contribution in [0.3, 0.4) is 0 Å². The Bertz CT molecular complexity index is 3090. The molecule has 51 heavy (non-hydrogen) atoms. The molecule has 0 saturated carbocycles. The van der Waals surface area contributed by atoms with Crippen LogP contribution in [0.2, 0.25) is 0 Å². The summed E-state index contributed by atoms with van der Waals surface area (Å²) in [7, 11) is 0. The lowest BCUT2D eigenvalue weighted by molar-refractivity contribution is 1.08. The molecule has 0 aliphatic heterocycles. The average molecular weight is 669 g/mol. The highest BCUT2D eigenvalue weighted by Gasteiger charge is 2.23. The second-order valence-electron chi connectivity index (χ2n) is 13.0. The Morgan fingerprint density at radius 3 is 1.75 bits per heavy atom. The van der Waals surface area contributed by atoms with E-state index in [1.54, 1.807) is 11.3 Å². The van der Waals surface area contributed by atoms with Gasteiger partial charge in [-0.15, -0.1) is 11.3 Å². The monoisotopic (exact) mass is 668 g/mol. The van der Waals surface area contributed by atoms with Gasteiger partial charge in [-0.1, -0.05) is 133 Å². The predicted octanol–water partition coefficient (Wildman–Crippen LogP) is 12.4. The molecule has 4 heterocycles. The molecule has 0 radical (unpaired) electrons. The lowest BCUT2D eigenvalue weighted by Crippen LogP contribution is -2.02. The van der Waals surface area contributed by atoms with Crippen LogP contribution in [-0.2, 0) is 0 Å². The number of hydrogen-bond donors (Lipinski definition) is 0. The van der Waals surface area contributed by atoms with Crippen molar-refractivity contribution in [1.29, 1.82) is 0 Å². The van der Waals surface area contributed by atoms with Gasteiger partial charge in [0.2, 0.25) is 0 Å². The molecule has 5 heteroatoms. The number of aromatic nitrogens is 4. The first kappa shape index (κ1) is 28.3. The van der Waals surface area contributed by atoms with Crippen LogP contribution in [0.25, 0.3) is 97.9 Å². The Hall–Kier alpha value is -6.56. The normalized spacial score (nSPS) is 11.9. The quantitative estimate of drug-likeness (QED) is 0.187. The van der Waals surface area contributed by atoms with E-state index >= 15 is 0 Å². The van der Waals surface area contributed by atoms with Crippen molar-refractivity contribution >= 4 is 75.3 Å². The molecule has 238 valence electrons. The van der Waals surface area contributed by atoms with Crippen LogP contribution in [0.5, 0.6) is 0 Å². The van der Waals surface area contributed by atoms with E-state index in [0.717, 1.165) is 43.7 Å². The summed E-state index contributed by atoms with van der Waals surface area (Å²) in [6.07, 6.45) is 0. The molecule has 0 N–H and O–H groups in total. The zero-order valence-electron chi connectivity index (χ0n) is 27.4. The number of benzene rings is 7. The third kappa shape index (κ3) is 4.19. The van der Waals surface area contributed by atoms with Gasteiger partial charge in [-0.2, -0.15) is 0 Å². The highest BCUT2D eigenvalue weighted by Crippen LogP contribution is 2.43. The predicted molar refractivity (Wildman–Crippen MR) is 214 cm³/mol. The Kier molecular flexibility index (Phi) is 6.09. The van der Waals surface area contributed by atoms with E-state index in [2.05, 4.69) is 179 Å². The van der Waals surface area contributed by atoms with E-state index in [0.29, 0.717) is 5.82 Å². The Morgan fingerprint density at radius 2 is 1.00 bits per heavy atom. The molecule has 11 rings (SSSR count). The van der Waals surface area contributed by atoms with E-state index in [4.69, 9.17) is 9.97 Å². The van der Waals surface area contributed by atoms with Crippen molar-refractivity contribution in [2.45, 2.75) is 0 Å². The highest BCUT2D eigenvalue weighted by molar-refractivity contribution is 7.26. The number of fused-ring (bicyclic) bond motifs is 9. The summed E-state index contributed by atoms with van der Waals surface area (Å²) >= 11 is 1.76. The molecular formula is C46H28N4S. The fraction of sp³-hybridized carbons (Fsp3) is 0. The third-order valence-electron chi connectivity index (χ3n) is 10.1. The van der Waals surface area contributed by atoms with Gasteiger partial charge < -0.3 is 4.57 Å². The van der Waals surface area contributed by atoms with Crippen molar-refractivity contribution in [3.63, 3.8) is 0 Å². The van der Waals surface area contributed by atoms with Gasteiger partial charge in [0, 0.05) is 48.4 Å². The summed E-state index contributed by atoms with van der Waals surface area (Å²) in [4.78, 5) is 10.9. The van der Waals surface area contributed by atoms with E-state index in [9.17, 15) is 0 Å². The highest BCUT2D eigenvalue weighted by atomic mass is 32.1. The molecule has 4 aromatic heterocycles. The maximum absolute atomic E-state index is 5.54. The van der Waals surface area contributed by atoms with Gasteiger partial charge in [0.1, 0.15) is 0 Å². The van der Waals surface area contributed by atoms with Gasteiger partial charge in [-0.25, -0.2) is 9.97 Å². The van der Waals surface area contributed by atoms with Crippen molar-refractivity contribution in [2.24, 2.45) is 0 Å². The zero-order valence-corrected chi connectivity index (χ0v) is 28.2. The molecule has 0 unspecified atom stereocenters. The fourth-order valence-corrected chi connectivity index (χ4v) is 9.05. The van der Waals surface area contributed by atoms with Crippen molar-refractivity contribution in [3.05, 3.63) is 170 Å². The summed E-state index contributed by atoms with van der Waals surface area (Å²) < 4.78 is 7.01. The molecule has 0 atom stereocenters. The summed E-state index contributed by atoms with van der Waals surface area (Å²) in [5.74, 6) is 1.60. The number of nitrogens with zero attached hydrogens (tertiary/aromatic N) is 4. The third-order valence-corrected chi connectivity index (χ3v) is 11.3. The van der Waals surface area contributed by atoms with E-state index in [-0.39, 0.29) is 0 Å². The van der Waals surface area contributed by atoms with Crippen molar-refractivity contribution < 1.29 is 0 Å². The van der Waals surface area contributed by atoms with Crippen molar-refractivity contribution in [3.8, 4) is 34.0 Å². The van der Waals surface area contributed by atoms with Crippen LogP contribution in [0.4, 0.5) is 0 Å². The number of rotatable bonds is 4. The van der Waals surface area contributed by atoms with Gasteiger partial charge in [-0.05, 0) is 42.0 Å². The summed E-state index contributed by atoms with van der Waals surface area (Å²) in [6.45, 7) is 0. The molecule has 0 saturated heterocycles. The smallest absolute Gasteiger partial charge is 0.162 e. The van der Waals surface area contributed by atoms with E-state index in [1.165, 1.54) is 48.4 Å². The maximum atomic E-state index is 5.54. The molecule has 0 aliphatic carbocycles. The van der Waals surface area contributed by atoms with Crippen molar-refractivity contribution in [1.82, 2.24) is 19.1 Å². The summed E-state index contributed by atoms with van der Waals surface area (Å²) in [6, 6.07) is 60.5. The number of thiophene rings is 1. The molecule has 0 fully saturated rings. The van der Waals surface area contributed by atoms with E-state index in [1.807, 2.05) is 0 Å². The largest absolute Gasteiger partial charge is 0.309 e. The fourth-order valence-electron chi connectivity index (χ4n) is 7.93. The minimum absolute atomic E-state index is 0.701. The Balaban J connectivity index is 1.23. The number of para-hydroxylation sites is 4. The second-order valence-corrected chi connectivity index (χ2v) is 14.0. The van der Waals surface area contributed by atoms with Gasteiger partial charge >= 0.3 is 0 Å². The van der Waals surface area contributed by atoms with Gasteiger partial charge in [0.05, 0.1) is 32.3 Å². The maximum Gasteiger partial charge on any atom is 0.162 e. The molecule has 11 aromatic rings. The SMILES string of the molecule is c1ccc(-c2cccc3c4ccccc4n(-c4nc(-c5cccc(-n6c7ccccc7c7ccccc76)c5)nc5c4sc4ccccc45)c23)cc1. The Labute approximate surface area is 297 Å².